The third kappa shape index (κ3) is 5.01. The Bertz CT molecular complexity index is 667. The third-order valence-electron chi connectivity index (χ3n) is 4.21. The molecule has 1 heterocycles. The maximum Gasteiger partial charge on any atom is 0.251 e. The van der Waals surface area contributed by atoms with Gasteiger partial charge in [0.25, 0.3) is 5.91 Å². The first kappa shape index (κ1) is 18.9. The molecule has 3 amide bonds. The van der Waals surface area contributed by atoms with Crippen LogP contribution < -0.4 is 16.0 Å². The Balaban J connectivity index is 1.85. The van der Waals surface area contributed by atoms with Crippen LogP contribution in [0.5, 0.6) is 0 Å². The highest BCUT2D eigenvalue weighted by atomic mass is 19.1. The van der Waals surface area contributed by atoms with Crippen molar-refractivity contribution in [2.24, 2.45) is 0 Å². The molecule has 2 atom stereocenters. The molecule has 1 fully saturated rings. The number of halogens is 1. The minimum absolute atomic E-state index is 0.116. The summed E-state index contributed by atoms with van der Waals surface area (Å²) in [4.78, 5) is 35.6. The Labute approximate surface area is 146 Å². The fraction of sp³-hybridized carbons (Fsp3) is 0.500. The predicted octanol–water partition coefficient (Wildman–Crippen LogP) is 1.35. The normalized spacial score (nSPS) is 18.2. The van der Waals surface area contributed by atoms with Crippen LogP contribution in [-0.4, -0.2) is 36.3 Å². The number of piperidine rings is 1. The van der Waals surface area contributed by atoms with Crippen LogP contribution in [0, 0.1) is 19.7 Å². The fourth-order valence-electron chi connectivity index (χ4n) is 2.81. The van der Waals surface area contributed by atoms with Crippen molar-refractivity contribution in [2.75, 3.05) is 6.54 Å². The lowest BCUT2D eigenvalue weighted by Crippen LogP contribution is -2.51. The van der Waals surface area contributed by atoms with Crippen LogP contribution in [-0.2, 0) is 9.59 Å². The summed E-state index contributed by atoms with van der Waals surface area (Å²) in [5.41, 5.74) is 1.22. The summed E-state index contributed by atoms with van der Waals surface area (Å²) >= 11 is 0. The van der Waals surface area contributed by atoms with Gasteiger partial charge in [0, 0.05) is 24.6 Å². The van der Waals surface area contributed by atoms with Crippen molar-refractivity contribution in [2.45, 2.75) is 52.1 Å². The molecule has 1 aromatic carbocycles. The molecule has 0 unspecified atom stereocenters. The van der Waals surface area contributed by atoms with E-state index >= 15 is 0 Å². The molecule has 0 bridgehead atoms. The molecular formula is C18H24FN3O3. The first-order valence-electron chi connectivity index (χ1n) is 8.42. The summed E-state index contributed by atoms with van der Waals surface area (Å²) in [6, 6.07) is 2.19. The lowest BCUT2D eigenvalue weighted by molar-refractivity contribution is -0.131. The Morgan fingerprint density at radius 1 is 1.32 bits per heavy atom. The van der Waals surface area contributed by atoms with E-state index in [0.29, 0.717) is 36.0 Å². The number of amides is 3. The number of hydrogen-bond acceptors (Lipinski definition) is 3. The van der Waals surface area contributed by atoms with Crippen LogP contribution in [0.1, 0.15) is 47.7 Å². The van der Waals surface area contributed by atoms with Crippen molar-refractivity contribution in [1.29, 1.82) is 0 Å². The fourth-order valence-corrected chi connectivity index (χ4v) is 2.81. The molecule has 1 saturated heterocycles. The Hall–Kier alpha value is -2.44. The van der Waals surface area contributed by atoms with Crippen LogP contribution in [0.15, 0.2) is 12.1 Å². The van der Waals surface area contributed by atoms with Crippen LogP contribution in [0.25, 0.3) is 0 Å². The molecule has 1 aromatic rings. The Kier molecular flexibility index (Phi) is 6.12. The molecule has 25 heavy (non-hydrogen) atoms. The van der Waals surface area contributed by atoms with Gasteiger partial charge in [-0.3, -0.25) is 14.4 Å². The van der Waals surface area contributed by atoms with Gasteiger partial charge in [0.1, 0.15) is 11.9 Å². The van der Waals surface area contributed by atoms with E-state index in [0.717, 1.165) is 0 Å². The summed E-state index contributed by atoms with van der Waals surface area (Å²) in [5, 5.41) is 8.16. The van der Waals surface area contributed by atoms with Gasteiger partial charge in [-0.05, 0) is 56.9 Å². The Morgan fingerprint density at radius 2 is 1.96 bits per heavy atom. The van der Waals surface area contributed by atoms with Gasteiger partial charge in [0.05, 0.1) is 0 Å². The largest absolute Gasteiger partial charge is 0.352 e. The zero-order chi connectivity index (χ0) is 18.6. The van der Waals surface area contributed by atoms with Gasteiger partial charge in [-0.25, -0.2) is 4.39 Å². The second-order valence-corrected chi connectivity index (χ2v) is 6.56. The quantitative estimate of drug-likeness (QED) is 0.750. The number of nitrogens with one attached hydrogen (secondary N) is 3. The Morgan fingerprint density at radius 3 is 2.56 bits per heavy atom. The second-order valence-electron chi connectivity index (χ2n) is 6.56. The number of rotatable bonds is 5. The van der Waals surface area contributed by atoms with Gasteiger partial charge in [-0.2, -0.15) is 0 Å². The molecule has 3 N–H and O–H groups in total. The molecule has 0 radical (unpaired) electrons. The predicted molar refractivity (Wildman–Crippen MR) is 91.6 cm³/mol. The summed E-state index contributed by atoms with van der Waals surface area (Å²) in [6.07, 6.45) is 1.76. The molecule has 1 aliphatic heterocycles. The van der Waals surface area contributed by atoms with Gasteiger partial charge in [0.15, 0.2) is 0 Å². The van der Waals surface area contributed by atoms with Gasteiger partial charge in [-0.15, -0.1) is 0 Å². The number of benzene rings is 1. The number of aryl methyl sites for hydroxylation is 2. The first-order chi connectivity index (χ1) is 11.8. The van der Waals surface area contributed by atoms with E-state index in [9.17, 15) is 18.8 Å². The zero-order valence-corrected chi connectivity index (χ0v) is 14.7. The van der Waals surface area contributed by atoms with Crippen LogP contribution in [0.4, 0.5) is 4.39 Å². The van der Waals surface area contributed by atoms with E-state index < -0.39 is 6.04 Å². The third-order valence-corrected chi connectivity index (χ3v) is 4.21. The first-order valence-corrected chi connectivity index (χ1v) is 8.42. The molecule has 0 saturated carbocycles. The molecule has 2 rings (SSSR count). The van der Waals surface area contributed by atoms with Gasteiger partial charge >= 0.3 is 0 Å². The van der Waals surface area contributed by atoms with Crippen molar-refractivity contribution < 1.29 is 18.8 Å². The van der Waals surface area contributed by atoms with E-state index in [1.807, 2.05) is 0 Å². The highest BCUT2D eigenvalue weighted by molar-refractivity contribution is 5.95. The van der Waals surface area contributed by atoms with Gasteiger partial charge < -0.3 is 16.0 Å². The second kappa shape index (κ2) is 8.09. The molecule has 0 spiro atoms. The molecule has 7 heteroatoms. The standard InChI is InChI=1S/C18H24FN3O3/c1-10-7-13(8-11(2)16(10)19)17(24)21-12(3)9-20-18(25)14-5-4-6-15(23)22-14/h7-8,12,14H,4-6,9H2,1-3H3,(H,20,25)(H,21,24)(H,22,23)/t12-,14+/m0/s1. The number of carbonyl (C=O) groups excluding carboxylic acids is 3. The average Bonchev–Trinajstić information content (AvgIpc) is 2.57. The van der Waals surface area contributed by atoms with Gasteiger partial charge in [0.2, 0.25) is 11.8 Å². The zero-order valence-electron chi connectivity index (χ0n) is 14.7. The summed E-state index contributed by atoms with van der Waals surface area (Å²) in [6.45, 7) is 5.24. The maximum absolute atomic E-state index is 13.6. The molecule has 0 aliphatic carbocycles. The lowest BCUT2D eigenvalue weighted by Gasteiger charge is -2.23. The van der Waals surface area contributed by atoms with Crippen LogP contribution >= 0.6 is 0 Å². The van der Waals surface area contributed by atoms with Crippen molar-refractivity contribution >= 4 is 17.7 Å². The number of carbonyl (C=O) groups is 3. The highest BCUT2D eigenvalue weighted by Gasteiger charge is 2.24. The number of hydrogen-bond donors (Lipinski definition) is 3. The van der Waals surface area contributed by atoms with E-state index in [2.05, 4.69) is 16.0 Å². The minimum Gasteiger partial charge on any atom is -0.352 e. The molecule has 0 aromatic heterocycles. The molecular weight excluding hydrogens is 325 g/mol. The van der Waals surface area contributed by atoms with Crippen molar-refractivity contribution in [3.05, 3.63) is 34.6 Å². The molecule has 1 aliphatic rings. The smallest absolute Gasteiger partial charge is 0.251 e. The summed E-state index contributed by atoms with van der Waals surface area (Å²) in [5.74, 6) is -0.997. The molecule has 6 nitrogen and oxygen atoms in total. The maximum atomic E-state index is 13.6. The monoisotopic (exact) mass is 349 g/mol. The summed E-state index contributed by atoms with van der Waals surface area (Å²) in [7, 11) is 0. The minimum atomic E-state index is -0.508. The lowest BCUT2D eigenvalue weighted by atomic mass is 10.0. The van der Waals surface area contributed by atoms with E-state index in [4.69, 9.17) is 0 Å². The van der Waals surface area contributed by atoms with Crippen LogP contribution in [0.3, 0.4) is 0 Å². The van der Waals surface area contributed by atoms with Crippen LogP contribution in [0.2, 0.25) is 0 Å². The topological polar surface area (TPSA) is 87.3 Å². The average molecular weight is 349 g/mol. The van der Waals surface area contributed by atoms with Crippen molar-refractivity contribution in [1.82, 2.24) is 16.0 Å². The van der Waals surface area contributed by atoms with E-state index in [1.54, 1.807) is 20.8 Å². The molecule has 136 valence electrons. The van der Waals surface area contributed by atoms with E-state index in [1.165, 1.54) is 12.1 Å². The highest BCUT2D eigenvalue weighted by Crippen LogP contribution is 2.14. The summed E-state index contributed by atoms with van der Waals surface area (Å²) < 4.78 is 13.6. The van der Waals surface area contributed by atoms with Gasteiger partial charge in [-0.1, -0.05) is 0 Å². The SMILES string of the molecule is Cc1cc(C(=O)N[C@@H](C)CNC(=O)[C@H]2CCCC(=O)N2)cc(C)c1F. The van der Waals surface area contributed by atoms with E-state index in [-0.39, 0.29) is 36.1 Å². The van der Waals surface area contributed by atoms with Crippen molar-refractivity contribution in [3.8, 4) is 0 Å². The van der Waals surface area contributed by atoms with Crippen molar-refractivity contribution in [3.63, 3.8) is 0 Å².